The number of hydrogen-bond donors (Lipinski definition) is 1. The summed E-state index contributed by atoms with van der Waals surface area (Å²) in [6.07, 6.45) is 0. The van der Waals surface area contributed by atoms with Gasteiger partial charge in [-0.15, -0.1) is 22.7 Å². The van der Waals surface area contributed by atoms with Crippen molar-refractivity contribution in [3.63, 3.8) is 0 Å². The number of nitrogens with one attached hydrogen (secondary N) is 1. The highest BCUT2D eigenvalue weighted by molar-refractivity contribution is 7.16. The standard InChI is InChI=1S/C17H14N4O2S2/c18-10-12-14(11-3-9-25-16(11)19-15(12)22)20-4-6-21(7-5-20)17(23)13-2-1-8-24-13/h1-3,8-9H,4-7H2,(H,19,22). The molecule has 0 saturated carbocycles. The molecule has 1 saturated heterocycles. The molecule has 4 heterocycles. The number of anilines is 1. The third-order valence-electron chi connectivity index (χ3n) is 4.34. The number of fused-ring (bicyclic) bond motifs is 1. The summed E-state index contributed by atoms with van der Waals surface area (Å²) in [4.78, 5) is 32.8. The largest absolute Gasteiger partial charge is 0.366 e. The van der Waals surface area contributed by atoms with Crippen molar-refractivity contribution in [2.24, 2.45) is 0 Å². The first-order valence-electron chi connectivity index (χ1n) is 7.80. The lowest BCUT2D eigenvalue weighted by molar-refractivity contribution is 0.0752. The fraction of sp³-hybridized carbons (Fsp3) is 0.235. The lowest BCUT2D eigenvalue weighted by Gasteiger charge is -2.36. The molecule has 0 radical (unpaired) electrons. The van der Waals surface area contributed by atoms with Crippen molar-refractivity contribution < 1.29 is 4.79 Å². The Hall–Kier alpha value is -2.63. The SMILES string of the molecule is N#Cc1c(N2CCN(C(=O)c3cccs3)CC2)c2ccsc2[nH]c1=O. The number of rotatable bonds is 2. The lowest BCUT2D eigenvalue weighted by atomic mass is 10.1. The summed E-state index contributed by atoms with van der Waals surface area (Å²) >= 11 is 2.89. The number of amides is 1. The van der Waals surface area contributed by atoms with Crippen LogP contribution in [0.2, 0.25) is 0 Å². The Kier molecular flexibility index (Phi) is 4.03. The molecule has 1 fully saturated rings. The number of H-pyrrole nitrogens is 1. The molecule has 6 nitrogen and oxygen atoms in total. The Morgan fingerprint density at radius 2 is 1.96 bits per heavy atom. The highest BCUT2D eigenvalue weighted by Crippen LogP contribution is 2.31. The maximum atomic E-state index is 12.5. The van der Waals surface area contributed by atoms with Gasteiger partial charge in [-0.3, -0.25) is 9.59 Å². The van der Waals surface area contributed by atoms with E-state index in [0.29, 0.717) is 31.9 Å². The van der Waals surface area contributed by atoms with Crippen molar-refractivity contribution in [3.8, 4) is 6.07 Å². The summed E-state index contributed by atoms with van der Waals surface area (Å²) in [5.41, 5.74) is 0.471. The number of thiophene rings is 2. The van der Waals surface area contributed by atoms with Gasteiger partial charge in [0.25, 0.3) is 11.5 Å². The molecule has 25 heavy (non-hydrogen) atoms. The molecule has 0 spiro atoms. The Balaban J connectivity index is 1.62. The second-order valence-electron chi connectivity index (χ2n) is 5.71. The van der Waals surface area contributed by atoms with Crippen molar-refractivity contribution in [2.75, 3.05) is 31.1 Å². The normalized spacial score (nSPS) is 14.7. The minimum absolute atomic E-state index is 0.0433. The van der Waals surface area contributed by atoms with E-state index in [9.17, 15) is 14.9 Å². The summed E-state index contributed by atoms with van der Waals surface area (Å²) < 4.78 is 0. The molecule has 1 N–H and O–H groups in total. The third kappa shape index (κ3) is 2.71. The monoisotopic (exact) mass is 370 g/mol. The number of nitriles is 1. The van der Waals surface area contributed by atoms with Crippen LogP contribution < -0.4 is 10.5 Å². The number of carbonyl (C=O) groups excluding carboxylic acids is 1. The summed E-state index contributed by atoms with van der Waals surface area (Å²) in [5.74, 6) is 0.0433. The number of nitrogens with zero attached hydrogens (tertiary/aromatic N) is 3. The molecule has 0 aromatic carbocycles. The summed E-state index contributed by atoms with van der Waals surface area (Å²) in [7, 11) is 0. The van der Waals surface area contributed by atoms with Gasteiger partial charge in [0, 0.05) is 31.6 Å². The van der Waals surface area contributed by atoms with Crippen LogP contribution in [0.25, 0.3) is 10.2 Å². The molecule has 3 aromatic heterocycles. The van der Waals surface area contributed by atoms with Crippen LogP contribution in [0, 0.1) is 11.3 Å². The predicted molar refractivity (Wildman–Crippen MR) is 99.6 cm³/mol. The van der Waals surface area contributed by atoms with Crippen LogP contribution in [0.5, 0.6) is 0 Å². The van der Waals surface area contributed by atoms with Gasteiger partial charge in [0.15, 0.2) is 0 Å². The van der Waals surface area contributed by atoms with Crippen LogP contribution >= 0.6 is 22.7 Å². The molecular weight excluding hydrogens is 356 g/mol. The highest BCUT2D eigenvalue weighted by atomic mass is 32.1. The number of hydrogen-bond acceptors (Lipinski definition) is 6. The van der Waals surface area contributed by atoms with E-state index in [4.69, 9.17) is 0 Å². The Morgan fingerprint density at radius 3 is 2.64 bits per heavy atom. The van der Waals surface area contributed by atoms with E-state index in [1.54, 1.807) is 0 Å². The number of piperazine rings is 1. The average Bonchev–Trinajstić information content (AvgIpc) is 3.31. The van der Waals surface area contributed by atoms with Gasteiger partial charge >= 0.3 is 0 Å². The first-order chi connectivity index (χ1) is 12.2. The first kappa shape index (κ1) is 15.9. The van der Waals surface area contributed by atoms with E-state index in [-0.39, 0.29) is 17.0 Å². The molecule has 3 aromatic rings. The minimum Gasteiger partial charge on any atom is -0.366 e. The van der Waals surface area contributed by atoms with E-state index in [1.807, 2.05) is 44.8 Å². The van der Waals surface area contributed by atoms with Gasteiger partial charge in [0.1, 0.15) is 16.5 Å². The van der Waals surface area contributed by atoms with Gasteiger partial charge in [0.2, 0.25) is 0 Å². The second kappa shape index (κ2) is 6.35. The zero-order valence-corrected chi connectivity index (χ0v) is 14.8. The van der Waals surface area contributed by atoms with E-state index in [2.05, 4.69) is 4.98 Å². The van der Waals surface area contributed by atoms with Crippen LogP contribution in [0.15, 0.2) is 33.8 Å². The predicted octanol–water partition coefficient (Wildman–Crippen LogP) is 2.49. The van der Waals surface area contributed by atoms with Gasteiger partial charge in [-0.05, 0) is 22.9 Å². The number of aromatic nitrogens is 1. The average molecular weight is 370 g/mol. The molecule has 4 rings (SSSR count). The van der Waals surface area contributed by atoms with Crippen molar-refractivity contribution in [1.29, 1.82) is 5.26 Å². The van der Waals surface area contributed by atoms with Gasteiger partial charge in [-0.2, -0.15) is 5.26 Å². The maximum Gasteiger partial charge on any atom is 0.269 e. The fourth-order valence-corrected chi connectivity index (χ4v) is 4.60. The van der Waals surface area contributed by atoms with Crippen LogP contribution in [0.3, 0.4) is 0 Å². The summed E-state index contributed by atoms with van der Waals surface area (Å²) in [6.45, 7) is 2.33. The maximum absolute atomic E-state index is 12.5. The first-order valence-corrected chi connectivity index (χ1v) is 9.56. The summed E-state index contributed by atoms with van der Waals surface area (Å²) in [5, 5.41) is 14.1. The molecule has 1 amide bonds. The highest BCUT2D eigenvalue weighted by Gasteiger charge is 2.26. The van der Waals surface area contributed by atoms with Gasteiger partial charge in [-0.1, -0.05) is 6.07 Å². The van der Waals surface area contributed by atoms with Crippen LogP contribution in [-0.4, -0.2) is 42.0 Å². The molecule has 0 aliphatic carbocycles. The lowest BCUT2D eigenvalue weighted by Crippen LogP contribution is -2.49. The molecule has 0 bridgehead atoms. The van der Waals surface area contributed by atoms with Crippen molar-refractivity contribution in [1.82, 2.24) is 9.88 Å². The van der Waals surface area contributed by atoms with E-state index in [0.717, 1.165) is 15.1 Å². The van der Waals surface area contributed by atoms with E-state index < -0.39 is 0 Å². The molecule has 8 heteroatoms. The Morgan fingerprint density at radius 1 is 1.16 bits per heavy atom. The third-order valence-corrected chi connectivity index (χ3v) is 6.03. The fourth-order valence-electron chi connectivity index (χ4n) is 3.12. The Bertz CT molecular complexity index is 1020. The zero-order chi connectivity index (χ0) is 17.4. The quantitative estimate of drug-likeness (QED) is 0.751. The van der Waals surface area contributed by atoms with Crippen molar-refractivity contribution in [2.45, 2.75) is 0 Å². The topological polar surface area (TPSA) is 80.2 Å². The van der Waals surface area contributed by atoms with Gasteiger partial charge < -0.3 is 14.8 Å². The minimum atomic E-state index is -0.357. The molecule has 126 valence electrons. The smallest absolute Gasteiger partial charge is 0.269 e. The van der Waals surface area contributed by atoms with Crippen LogP contribution in [0.1, 0.15) is 15.2 Å². The zero-order valence-electron chi connectivity index (χ0n) is 13.2. The molecular formula is C17H14N4O2S2. The second-order valence-corrected chi connectivity index (χ2v) is 7.57. The molecule has 0 unspecified atom stereocenters. The van der Waals surface area contributed by atoms with Crippen LogP contribution in [0.4, 0.5) is 5.69 Å². The van der Waals surface area contributed by atoms with Crippen molar-refractivity contribution >= 4 is 44.5 Å². The van der Waals surface area contributed by atoms with E-state index in [1.165, 1.54) is 22.7 Å². The number of pyridine rings is 1. The molecule has 1 aliphatic heterocycles. The molecule has 1 aliphatic rings. The number of carbonyl (C=O) groups is 1. The van der Waals surface area contributed by atoms with Crippen LogP contribution in [-0.2, 0) is 0 Å². The Labute approximate surface area is 151 Å². The number of aromatic amines is 1. The van der Waals surface area contributed by atoms with Gasteiger partial charge in [0.05, 0.1) is 10.6 Å². The van der Waals surface area contributed by atoms with Crippen molar-refractivity contribution in [3.05, 3.63) is 49.8 Å². The summed E-state index contributed by atoms with van der Waals surface area (Å²) in [6, 6.07) is 7.67. The molecule has 0 atom stereocenters. The van der Waals surface area contributed by atoms with E-state index >= 15 is 0 Å². The van der Waals surface area contributed by atoms with Gasteiger partial charge in [-0.25, -0.2) is 0 Å².